The zero-order valence-corrected chi connectivity index (χ0v) is 14.7. The zero-order chi connectivity index (χ0) is 17.2. The molecule has 0 fully saturated rings. The highest BCUT2D eigenvalue weighted by atomic mass is 16.9. The quantitative estimate of drug-likeness (QED) is 0.570. The van der Waals surface area contributed by atoms with E-state index in [1.54, 1.807) is 12.5 Å². The van der Waals surface area contributed by atoms with E-state index in [4.69, 9.17) is 14.3 Å². The summed E-state index contributed by atoms with van der Waals surface area (Å²) >= 11 is 0. The van der Waals surface area contributed by atoms with Crippen LogP contribution in [0.25, 0.3) is 10.9 Å². The molecular formula is C18H24N3O3+. The molecule has 6 nitrogen and oxygen atoms in total. The summed E-state index contributed by atoms with van der Waals surface area (Å²) in [5.41, 5.74) is 2.65. The molecule has 0 radical (unpaired) electrons. The first-order valence-electron chi connectivity index (χ1n) is 8.36. The van der Waals surface area contributed by atoms with Crippen molar-refractivity contribution in [2.75, 3.05) is 20.3 Å². The number of hydrogen-bond donors (Lipinski definition) is 0. The zero-order valence-electron chi connectivity index (χ0n) is 14.7. The van der Waals surface area contributed by atoms with Gasteiger partial charge in [0.05, 0.1) is 17.1 Å². The Labute approximate surface area is 142 Å². The molecule has 3 rings (SSSR count). The van der Waals surface area contributed by atoms with Crippen molar-refractivity contribution in [2.45, 2.75) is 33.2 Å². The molecule has 0 spiro atoms. The van der Waals surface area contributed by atoms with Gasteiger partial charge in [-0.1, -0.05) is 23.7 Å². The van der Waals surface area contributed by atoms with Crippen LogP contribution < -0.4 is 4.65 Å². The van der Waals surface area contributed by atoms with Crippen LogP contribution in [0.2, 0.25) is 0 Å². The van der Waals surface area contributed by atoms with E-state index >= 15 is 0 Å². The SMILES string of the molecule is CCOC(CC)(OCC)O[N+]1(C)C=Nc2cnc3ccccc3c21. The molecule has 0 aliphatic carbocycles. The molecule has 1 aliphatic heterocycles. The highest BCUT2D eigenvalue weighted by Gasteiger charge is 2.46. The molecule has 128 valence electrons. The lowest BCUT2D eigenvalue weighted by Crippen LogP contribution is -2.53. The Morgan fingerprint density at radius 3 is 2.46 bits per heavy atom. The monoisotopic (exact) mass is 330 g/mol. The lowest BCUT2D eigenvalue weighted by atomic mass is 10.1. The Morgan fingerprint density at radius 2 is 1.79 bits per heavy atom. The van der Waals surface area contributed by atoms with Gasteiger partial charge in [-0.25, -0.2) is 0 Å². The Kier molecular flexibility index (Phi) is 4.64. The summed E-state index contributed by atoms with van der Waals surface area (Å²) < 4.78 is 11.7. The Balaban J connectivity index is 2.07. The summed E-state index contributed by atoms with van der Waals surface area (Å²) in [6.45, 7) is 6.83. The molecule has 1 aliphatic rings. The number of nitrogens with zero attached hydrogens (tertiary/aromatic N) is 3. The van der Waals surface area contributed by atoms with Crippen molar-refractivity contribution in [1.82, 2.24) is 9.63 Å². The van der Waals surface area contributed by atoms with Crippen LogP contribution in [0.3, 0.4) is 0 Å². The lowest BCUT2D eigenvalue weighted by molar-refractivity contribution is -0.423. The van der Waals surface area contributed by atoms with Gasteiger partial charge < -0.3 is 9.47 Å². The van der Waals surface area contributed by atoms with Gasteiger partial charge in [0, 0.05) is 19.6 Å². The van der Waals surface area contributed by atoms with Crippen LogP contribution in [0.4, 0.5) is 11.4 Å². The van der Waals surface area contributed by atoms with Crippen molar-refractivity contribution in [3.05, 3.63) is 30.5 Å². The molecule has 0 bridgehead atoms. The number of aliphatic imine (C=N–C) groups is 1. The van der Waals surface area contributed by atoms with E-state index in [9.17, 15) is 0 Å². The first kappa shape index (κ1) is 17.0. The Bertz CT molecular complexity index is 756. The second-order valence-corrected chi connectivity index (χ2v) is 5.74. The molecule has 0 amide bonds. The first-order valence-corrected chi connectivity index (χ1v) is 8.36. The Morgan fingerprint density at radius 1 is 1.08 bits per heavy atom. The van der Waals surface area contributed by atoms with Gasteiger partial charge in [0.15, 0.2) is 5.69 Å². The van der Waals surface area contributed by atoms with E-state index in [2.05, 4.69) is 9.98 Å². The predicted octanol–water partition coefficient (Wildman–Crippen LogP) is 3.91. The fraction of sp³-hybridized carbons (Fsp3) is 0.444. The highest BCUT2D eigenvalue weighted by Crippen LogP contribution is 2.43. The largest absolute Gasteiger partial charge is 0.335 e. The summed E-state index contributed by atoms with van der Waals surface area (Å²) in [6.07, 6.45) is 4.09. The fourth-order valence-corrected chi connectivity index (χ4v) is 3.07. The lowest BCUT2D eigenvalue weighted by Gasteiger charge is -2.36. The van der Waals surface area contributed by atoms with Crippen molar-refractivity contribution in [3.8, 4) is 0 Å². The number of pyridine rings is 1. The van der Waals surface area contributed by atoms with Crippen molar-refractivity contribution in [1.29, 1.82) is 0 Å². The summed E-state index contributed by atoms with van der Waals surface area (Å²) in [6, 6.07) is 7.98. The van der Waals surface area contributed by atoms with Crippen LogP contribution in [0.5, 0.6) is 0 Å². The minimum atomic E-state index is -1.11. The fourth-order valence-electron chi connectivity index (χ4n) is 3.07. The maximum absolute atomic E-state index is 6.37. The minimum absolute atomic E-state index is 0.0478. The molecule has 1 atom stereocenters. The summed E-state index contributed by atoms with van der Waals surface area (Å²) in [4.78, 5) is 15.3. The second kappa shape index (κ2) is 6.57. The average Bonchev–Trinajstić information content (AvgIpc) is 2.92. The average molecular weight is 330 g/mol. The molecule has 2 aromatic rings. The first-order chi connectivity index (χ1) is 11.6. The van der Waals surface area contributed by atoms with E-state index in [0.29, 0.717) is 19.6 Å². The van der Waals surface area contributed by atoms with Gasteiger partial charge in [0.1, 0.15) is 7.05 Å². The van der Waals surface area contributed by atoms with Crippen LogP contribution >= 0.6 is 0 Å². The van der Waals surface area contributed by atoms with Gasteiger partial charge in [-0.3, -0.25) is 4.98 Å². The third-order valence-corrected chi connectivity index (χ3v) is 4.08. The van der Waals surface area contributed by atoms with Gasteiger partial charge in [-0.2, -0.15) is 4.99 Å². The number of para-hydroxylation sites is 1. The minimum Gasteiger partial charge on any atom is -0.324 e. The van der Waals surface area contributed by atoms with Crippen molar-refractivity contribution in [3.63, 3.8) is 0 Å². The molecular weight excluding hydrogens is 306 g/mol. The molecule has 24 heavy (non-hydrogen) atoms. The molecule has 6 heteroatoms. The normalized spacial score (nSPS) is 19.8. The van der Waals surface area contributed by atoms with Crippen LogP contribution in [0.1, 0.15) is 27.2 Å². The summed E-state index contributed by atoms with van der Waals surface area (Å²) in [5.74, 6) is -1.11. The van der Waals surface area contributed by atoms with E-state index < -0.39 is 5.97 Å². The van der Waals surface area contributed by atoms with Crippen molar-refractivity contribution >= 4 is 28.6 Å². The van der Waals surface area contributed by atoms with Crippen LogP contribution in [-0.4, -0.2) is 37.6 Å². The molecule has 0 N–H and O–H groups in total. The topological polar surface area (TPSA) is 52.9 Å². The number of quaternary nitrogens is 1. The molecule has 1 unspecified atom stereocenters. The number of hydrogen-bond acceptors (Lipinski definition) is 5. The van der Waals surface area contributed by atoms with Crippen molar-refractivity contribution < 1.29 is 14.3 Å². The molecule has 1 aromatic carbocycles. The molecule has 2 heterocycles. The van der Waals surface area contributed by atoms with Gasteiger partial charge >= 0.3 is 5.97 Å². The molecule has 0 saturated carbocycles. The van der Waals surface area contributed by atoms with E-state index in [0.717, 1.165) is 22.3 Å². The van der Waals surface area contributed by atoms with Gasteiger partial charge in [0.25, 0.3) is 0 Å². The number of aromatic nitrogens is 1. The summed E-state index contributed by atoms with van der Waals surface area (Å²) in [5, 5.41) is 1.01. The van der Waals surface area contributed by atoms with Crippen LogP contribution in [0.15, 0.2) is 35.5 Å². The van der Waals surface area contributed by atoms with Gasteiger partial charge in [-0.15, -0.1) is 4.84 Å². The number of benzene rings is 1. The number of fused-ring (bicyclic) bond motifs is 3. The standard InChI is InChI=1S/C18H24N3O3/c1-5-18(22-6-2,23-7-3)24-21(4)13-20-16-12-19-15-11-9-8-10-14(15)17(16)21/h8-13H,5-7H2,1-4H3/q+1. The maximum Gasteiger partial charge on any atom is 0.335 e. The third-order valence-electron chi connectivity index (χ3n) is 4.08. The van der Waals surface area contributed by atoms with Crippen LogP contribution in [-0.2, 0) is 14.3 Å². The number of hydroxylamine groups is 2. The summed E-state index contributed by atoms with van der Waals surface area (Å²) in [7, 11) is 1.93. The highest BCUT2D eigenvalue weighted by molar-refractivity contribution is 6.02. The smallest absolute Gasteiger partial charge is 0.324 e. The van der Waals surface area contributed by atoms with E-state index in [-0.39, 0.29) is 4.65 Å². The second-order valence-electron chi connectivity index (χ2n) is 5.74. The molecule has 1 aromatic heterocycles. The van der Waals surface area contributed by atoms with Gasteiger partial charge in [0.2, 0.25) is 12.0 Å². The number of rotatable bonds is 7. The predicted molar refractivity (Wildman–Crippen MR) is 95.0 cm³/mol. The number of ether oxygens (including phenoxy) is 2. The van der Waals surface area contributed by atoms with Crippen LogP contribution in [0, 0.1) is 0 Å². The molecule has 0 saturated heterocycles. The van der Waals surface area contributed by atoms with E-state index in [1.165, 1.54) is 0 Å². The Hall–Kier alpha value is -1.86. The third kappa shape index (κ3) is 2.82. The van der Waals surface area contributed by atoms with Crippen molar-refractivity contribution in [2.24, 2.45) is 4.99 Å². The van der Waals surface area contributed by atoms with E-state index in [1.807, 2.05) is 52.1 Å². The van der Waals surface area contributed by atoms with Gasteiger partial charge in [-0.05, 0) is 26.0 Å². The maximum atomic E-state index is 6.37.